The first-order valence-corrected chi connectivity index (χ1v) is 9.18. The van der Waals surface area contributed by atoms with Gasteiger partial charge in [-0.05, 0) is 31.0 Å². The van der Waals surface area contributed by atoms with Gasteiger partial charge in [-0.3, -0.25) is 4.79 Å². The molecule has 2 atom stereocenters. The lowest BCUT2D eigenvalue weighted by molar-refractivity contribution is -0.121. The van der Waals surface area contributed by atoms with E-state index in [2.05, 4.69) is 5.32 Å². The minimum atomic E-state index is -3.90. The standard InChI is InChI=1S/C13H15Cl2NO4S/c1-2-11-9(5-6-20-11)13(17)16-8-3-4-12(10(14)7-8)21(15,18)19/h3-4,7,9,11H,2,5-6H2,1H3,(H,16,17). The molecule has 1 aromatic rings. The summed E-state index contributed by atoms with van der Waals surface area (Å²) in [6, 6.07) is 4.09. The molecule has 1 aromatic carbocycles. The summed E-state index contributed by atoms with van der Waals surface area (Å²) in [6.07, 6.45) is 1.36. The number of rotatable bonds is 4. The van der Waals surface area contributed by atoms with Gasteiger partial charge >= 0.3 is 0 Å². The molecule has 5 nitrogen and oxygen atoms in total. The fourth-order valence-corrected chi connectivity index (χ4v) is 3.89. The third kappa shape index (κ3) is 3.88. The van der Waals surface area contributed by atoms with Crippen molar-refractivity contribution in [3.8, 4) is 0 Å². The van der Waals surface area contributed by atoms with Crippen molar-refractivity contribution in [1.82, 2.24) is 0 Å². The van der Waals surface area contributed by atoms with Crippen LogP contribution in [0.2, 0.25) is 5.02 Å². The molecule has 1 fully saturated rings. The van der Waals surface area contributed by atoms with E-state index in [0.717, 1.165) is 6.42 Å². The molecule has 0 radical (unpaired) electrons. The van der Waals surface area contributed by atoms with Crippen molar-refractivity contribution < 1.29 is 17.9 Å². The van der Waals surface area contributed by atoms with Gasteiger partial charge in [0.25, 0.3) is 9.05 Å². The summed E-state index contributed by atoms with van der Waals surface area (Å²) in [6.45, 7) is 2.54. The van der Waals surface area contributed by atoms with Crippen LogP contribution in [0, 0.1) is 5.92 Å². The molecule has 0 aromatic heterocycles. The van der Waals surface area contributed by atoms with E-state index in [9.17, 15) is 13.2 Å². The molecule has 21 heavy (non-hydrogen) atoms. The largest absolute Gasteiger partial charge is 0.377 e. The van der Waals surface area contributed by atoms with Gasteiger partial charge in [0.2, 0.25) is 5.91 Å². The van der Waals surface area contributed by atoms with Crippen LogP contribution in [0.5, 0.6) is 0 Å². The van der Waals surface area contributed by atoms with Crippen LogP contribution in [0.3, 0.4) is 0 Å². The second-order valence-corrected chi connectivity index (χ2v) is 7.73. The Labute approximate surface area is 133 Å². The van der Waals surface area contributed by atoms with E-state index in [1.54, 1.807) is 0 Å². The van der Waals surface area contributed by atoms with Gasteiger partial charge in [0.05, 0.1) is 17.0 Å². The molecular weight excluding hydrogens is 337 g/mol. The topological polar surface area (TPSA) is 72.5 Å². The Morgan fingerprint density at radius 2 is 2.19 bits per heavy atom. The maximum absolute atomic E-state index is 12.2. The Morgan fingerprint density at radius 1 is 1.48 bits per heavy atom. The van der Waals surface area contributed by atoms with E-state index in [1.807, 2.05) is 6.92 Å². The molecule has 2 unspecified atom stereocenters. The Balaban J connectivity index is 2.13. The molecular formula is C13H15Cl2NO4S. The van der Waals surface area contributed by atoms with E-state index in [4.69, 9.17) is 27.0 Å². The second kappa shape index (κ2) is 6.52. The van der Waals surface area contributed by atoms with Crippen molar-refractivity contribution in [3.63, 3.8) is 0 Å². The highest BCUT2D eigenvalue weighted by atomic mass is 35.7. The van der Waals surface area contributed by atoms with Gasteiger partial charge in [-0.15, -0.1) is 0 Å². The Kier molecular flexibility index (Phi) is 5.14. The molecule has 2 rings (SSSR count). The lowest BCUT2D eigenvalue weighted by atomic mass is 9.98. The average Bonchev–Trinajstić information content (AvgIpc) is 2.85. The number of carbonyl (C=O) groups excluding carboxylic acids is 1. The van der Waals surface area contributed by atoms with Gasteiger partial charge in [0, 0.05) is 23.0 Å². The molecule has 116 valence electrons. The van der Waals surface area contributed by atoms with Crippen LogP contribution in [-0.2, 0) is 18.6 Å². The average molecular weight is 352 g/mol. The first-order valence-electron chi connectivity index (χ1n) is 6.49. The number of anilines is 1. The van der Waals surface area contributed by atoms with Gasteiger partial charge in [-0.2, -0.15) is 0 Å². The highest BCUT2D eigenvalue weighted by Crippen LogP contribution is 2.29. The van der Waals surface area contributed by atoms with Crippen molar-refractivity contribution in [2.24, 2.45) is 5.92 Å². The Hall–Kier alpha value is -0.820. The minimum absolute atomic E-state index is 0.0301. The molecule has 1 amide bonds. The van der Waals surface area contributed by atoms with Crippen molar-refractivity contribution >= 4 is 42.9 Å². The van der Waals surface area contributed by atoms with Gasteiger partial charge < -0.3 is 10.1 Å². The highest BCUT2D eigenvalue weighted by Gasteiger charge is 2.32. The summed E-state index contributed by atoms with van der Waals surface area (Å²) in [5, 5.41) is 2.70. The number of benzene rings is 1. The van der Waals surface area contributed by atoms with Crippen LogP contribution in [0.1, 0.15) is 19.8 Å². The molecule has 1 N–H and O–H groups in total. The van der Waals surface area contributed by atoms with E-state index in [0.29, 0.717) is 18.7 Å². The second-order valence-electron chi connectivity index (χ2n) is 4.78. The summed E-state index contributed by atoms with van der Waals surface area (Å²) >= 11 is 5.87. The van der Waals surface area contributed by atoms with Crippen LogP contribution in [0.25, 0.3) is 0 Å². The number of hydrogen-bond acceptors (Lipinski definition) is 4. The molecule has 8 heteroatoms. The summed E-state index contributed by atoms with van der Waals surface area (Å²) in [7, 11) is 1.35. The predicted octanol–water partition coefficient (Wildman–Crippen LogP) is 3.02. The minimum Gasteiger partial charge on any atom is -0.377 e. The van der Waals surface area contributed by atoms with E-state index >= 15 is 0 Å². The van der Waals surface area contributed by atoms with Crippen LogP contribution >= 0.6 is 22.3 Å². The lowest BCUT2D eigenvalue weighted by Crippen LogP contribution is -2.29. The third-order valence-corrected chi connectivity index (χ3v) is 5.22. The van der Waals surface area contributed by atoms with Gasteiger partial charge in [-0.25, -0.2) is 8.42 Å². The van der Waals surface area contributed by atoms with Crippen LogP contribution in [0.4, 0.5) is 5.69 Å². The smallest absolute Gasteiger partial charge is 0.262 e. The molecule has 0 saturated carbocycles. The molecule has 0 bridgehead atoms. The summed E-state index contributed by atoms with van der Waals surface area (Å²) in [5.74, 6) is -0.359. The Morgan fingerprint density at radius 3 is 2.76 bits per heavy atom. The number of nitrogens with one attached hydrogen (secondary N) is 1. The van der Waals surface area contributed by atoms with Gasteiger partial charge in [0.1, 0.15) is 4.90 Å². The van der Waals surface area contributed by atoms with Crippen molar-refractivity contribution in [2.45, 2.75) is 30.8 Å². The summed E-state index contributed by atoms with van der Waals surface area (Å²) < 4.78 is 28.0. The number of ether oxygens (including phenoxy) is 1. The predicted molar refractivity (Wildman–Crippen MR) is 81.3 cm³/mol. The zero-order chi connectivity index (χ0) is 15.6. The molecule has 1 saturated heterocycles. The van der Waals surface area contributed by atoms with Gasteiger partial charge in [0.15, 0.2) is 0 Å². The van der Waals surface area contributed by atoms with Gasteiger partial charge in [-0.1, -0.05) is 18.5 Å². The first-order chi connectivity index (χ1) is 9.82. The maximum atomic E-state index is 12.2. The zero-order valence-corrected chi connectivity index (χ0v) is 13.6. The van der Waals surface area contributed by atoms with E-state index < -0.39 is 9.05 Å². The normalized spacial score (nSPS) is 22.2. The number of amides is 1. The molecule has 0 aliphatic carbocycles. The maximum Gasteiger partial charge on any atom is 0.262 e. The number of carbonyl (C=O) groups is 1. The van der Waals surface area contributed by atoms with Crippen molar-refractivity contribution in [3.05, 3.63) is 23.2 Å². The SMILES string of the molecule is CCC1OCCC1C(=O)Nc1ccc(S(=O)(=O)Cl)c(Cl)c1. The number of hydrogen-bond donors (Lipinski definition) is 1. The molecule has 1 aliphatic heterocycles. The van der Waals surface area contributed by atoms with Crippen molar-refractivity contribution in [1.29, 1.82) is 0 Å². The van der Waals surface area contributed by atoms with Crippen molar-refractivity contribution in [2.75, 3.05) is 11.9 Å². The lowest BCUT2D eigenvalue weighted by Gasteiger charge is -2.16. The van der Waals surface area contributed by atoms with Crippen LogP contribution in [0.15, 0.2) is 23.1 Å². The monoisotopic (exact) mass is 351 g/mol. The third-order valence-electron chi connectivity index (χ3n) is 3.41. The fraction of sp³-hybridized carbons (Fsp3) is 0.462. The molecule has 0 spiro atoms. The molecule has 1 aliphatic rings. The zero-order valence-electron chi connectivity index (χ0n) is 11.3. The highest BCUT2D eigenvalue weighted by molar-refractivity contribution is 8.13. The fourth-order valence-electron chi connectivity index (χ4n) is 2.36. The molecule has 1 heterocycles. The van der Waals surface area contributed by atoms with Crippen LogP contribution < -0.4 is 5.32 Å². The Bertz CT molecular complexity index is 648. The summed E-state index contributed by atoms with van der Waals surface area (Å²) in [4.78, 5) is 12.0. The van der Waals surface area contributed by atoms with E-state index in [-0.39, 0.29) is 27.8 Å². The van der Waals surface area contributed by atoms with Crippen LogP contribution in [-0.4, -0.2) is 27.0 Å². The number of halogens is 2. The summed E-state index contributed by atoms with van der Waals surface area (Å²) in [5.41, 5.74) is 0.427. The first kappa shape index (κ1) is 16.5. The quantitative estimate of drug-likeness (QED) is 0.846. The van der Waals surface area contributed by atoms with E-state index in [1.165, 1.54) is 18.2 Å².